The zero-order chi connectivity index (χ0) is 18.9. The molecule has 2 aromatic carbocycles. The van der Waals surface area contributed by atoms with Gasteiger partial charge in [-0.25, -0.2) is 0 Å². The lowest BCUT2D eigenvalue weighted by atomic mass is 10.1. The normalized spacial score (nSPS) is 11.5. The lowest BCUT2D eigenvalue weighted by Crippen LogP contribution is -2.48. The number of nitrogens with one attached hydrogen (secondary N) is 1. The molecule has 1 unspecified atom stereocenters. The number of carbonyl (C=O) groups is 2. The number of nitrogens with zero attached hydrogens (tertiary/aromatic N) is 1. The molecule has 0 heterocycles. The predicted molar refractivity (Wildman–Crippen MR) is 102 cm³/mol. The summed E-state index contributed by atoms with van der Waals surface area (Å²) in [5.41, 5.74) is 2.03. The molecule has 0 aliphatic heterocycles. The third kappa shape index (κ3) is 5.34. The Morgan fingerprint density at radius 2 is 1.69 bits per heavy atom. The average molecular weight is 354 g/mol. The Bertz CT molecular complexity index is 714. The molecule has 5 nitrogen and oxygen atoms in total. The molecule has 0 aliphatic rings. The summed E-state index contributed by atoms with van der Waals surface area (Å²) in [6.07, 6.45) is 0.955. The molecule has 26 heavy (non-hydrogen) atoms. The molecule has 0 aliphatic carbocycles. The van der Waals surface area contributed by atoms with Crippen molar-refractivity contribution in [3.63, 3.8) is 0 Å². The second kappa shape index (κ2) is 9.61. The monoisotopic (exact) mass is 354 g/mol. The Kier molecular flexibility index (Phi) is 7.21. The minimum Gasteiger partial charge on any atom is -0.497 e. The standard InChI is InChI=1S/C21H26N2O3/c1-16(21(25)22-2)23(14-13-17-7-5-4-6-8-17)20(24)15-18-9-11-19(26-3)12-10-18/h4-12,16H,13-15H2,1-3H3,(H,22,25). The van der Waals surface area contributed by atoms with Gasteiger partial charge in [-0.05, 0) is 36.6 Å². The zero-order valence-electron chi connectivity index (χ0n) is 15.6. The zero-order valence-corrected chi connectivity index (χ0v) is 15.6. The highest BCUT2D eigenvalue weighted by Crippen LogP contribution is 2.14. The molecule has 0 spiro atoms. The topological polar surface area (TPSA) is 58.6 Å². The van der Waals surface area contributed by atoms with Crippen LogP contribution in [0, 0.1) is 0 Å². The third-order valence-electron chi connectivity index (χ3n) is 4.41. The van der Waals surface area contributed by atoms with Crippen LogP contribution in [0.25, 0.3) is 0 Å². The summed E-state index contributed by atoms with van der Waals surface area (Å²) in [6, 6.07) is 16.8. The summed E-state index contributed by atoms with van der Waals surface area (Å²) in [5, 5.41) is 2.63. The fourth-order valence-electron chi connectivity index (χ4n) is 2.80. The van der Waals surface area contributed by atoms with Crippen LogP contribution in [0.5, 0.6) is 5.75 Å². The fourth-order valence-corrected chi connectivity index (χ4v) is 2.80. The first-order chi connectivity index (χ1) is 12.5. The number of benzene rings is 2. The predicted octanol–water partition coefficient (Wildman–Crippen LogP) is 2.44. The third-order valence-corrected chi connectivity index (χ3v) is 4.41. The summed E-state index contributed by atoms with van der Waals surface area (Å²) in [7, 11) is 3.19. The average Bonchev–Trinajstić information content (AvgIpc) is 2.68. The van der Waals surface area contributed by atoms with Gasteiger partial charge in [-0.1, -0.05) is 42.5 Å². The van der Waals surface area contributed by atoms with Crippen molar-refractivity contribution in [2.45, 2.75) is 25.8 Å². The molecular weight excluding hydrogens is 328 g/mol. The van der Waals surface area contributed by atoms with E-state index in [-0.39, 0.29) is 18.2 Å². The van der Waals surface area contributed by atoms with Gasteiger partial charge in [0.1, 0.15) is 11.8 Å². The van der Waals surface area contributed by atoms with Crippen LogP contribution in [0.3, 0.4) is 0 Å². The van der Waals surface area contributed by atoms with E-state index in [0.29, 0.717) is 13.0 Å². The van der Waals surface area contributed by atoms with Crippen molar-refractivity contribution < 1.29 is 14.3 Å². The van der Waals surface area contributed by atoms with Crippen LogP contribution in [0.2, 0.25) is 0 Å². The summed E-state index contributed by atoms with van der Waals surface area (Å²) in [5.74, 6) is 0.518. The molecule has 0 saturated carbocycles. The van der Waals surface area contributed by atoms with E-state index in [2.05, 4.69) is 5.32 Å². The molecule has 2 amide bonds. The van der Waals surface area contributed by atoms with Crippen LogP contribution in [0.1, 0.15) is 18.1 Å². The number of likely N-dealkylation sites (N-methyl/N-ethyl adjacent to an activating group) is 1. The van der Waals surface area contributed by atoms with Crippen LogP contribution in [-0.4, -0.2) is 43.5 Å². The van der Waals surface area contributed by atoms with Crippen LogP contribution in [0.15, 0.2) is 54.6 Å². The summed E-state index contributed by atoms with van der Waals surface area (Å²) in [4.78, 5) is 26.6. The van der Waals surface area contributed by atoms with Crippen LogP contribution >= 0.6 is 0 Å². The van der Waals surface area contributed by atoms with E-state index < -0.39 is 6.04 Å². The van der Waals surface area contributed by atoms with Crippen LogP contribution < -0.4 is 10.1 Å². The van der Waals surface area contributed by atoms with Crippen molar-refractivity contribution in [2.24, 2.45) is 0 Å². The first kappa shape index (κ1) is 19.5. The van der Waals surface area contributed by atoms with Gasteiger partial charge in [0, 0.05) is 13.6 Å². The number of hydrogen-bond acceptors (Lipinski definition) is 3. The van der Waals surface area contributed by atoms with E-state index >= 15 is 0 Å². The molecule has 1 atom stereocenters. The van der Waals surface area contributed by atoms with Gasteiger partial charge in [0.2, 0.25) is 11.8 Å². The number of ether oxygens (including phenoxy) is 1. The molecule has 0 bridgehead atoms. The molecule has 0 radical (unpaired) electrons. The van der Waals surface area contributed by atoms with Gasteiger partial charge in [-0.2, -0.15) is 0 Å². The minimum absolute atomic E-state index is 0.0674. The van der Waals surface area contributed by atoms with E-state index in [0.717, 1.165) is 16.9 Å². The highest BCUT2D eigenvalue weighted by atomic mass is 16.5. The number of hydrogen-bond donors (Lipinski definition) is 1. The Morgan fingerprint density at radius 3 is 2.27 bits per heavy atom. The van der Waals surface area contributed by atoms with Gasteiger partial charge >= 0.3 is 0 Å². The SMILES string of the molecule is CNC(=O)C(C)N(CCc1ccccc1)C(=O)Cc1ccc(OC)cc1. The first-order valence-corrected chi connectivity index (χ1v) is 8.73. The maximum absolute atomic E-state index is 12.9. The Morgan fingerprint density at radius 1 is 1.04 bits per heavy atom. The lowest BCUT2D eigenvalue weighted by Gasteiger charge is -2.28. The molecule has 0 fully saturated rings. The van der Waals surface area contributed by atoms with Crippen molar-refractivity contribution in [1.82, 2.24) is 10.2 Å². The van der Waals surface area contributed by atoms with Crippen molar-refractivity contribution in [3.05, 3.63) is 65.7 Å². The largest absolute Gasteiger partial charge is 0.497 e. The van der Waals surface area contributed by atoms with Crippen molar-refractivity contribution in [3.8, 4) is 5.75 Å². The van der Waals surface area contributed by atoms with Crippen molar-refractivity contribution in [1.29, 1.82) is 0 Å². The Balaban J connectivity index is 2.10. The smallest absolute Gasteiger partial charge is 0.242 e. The van der Waals surface area contributed by atoms with Crippen LogP contribution in [0.4, 0.5) is 0 Å². The molecular formula is C21H26N2O3. The van der Waals surface area contributed by atoms with Crippen molar-refractivity contribution >= 4 is 11.8 Å². The van der Waals surface area contributed by atoms with Crippen molar-refractivity contribution in [2.75, 3.05) is 20.7 Å². The Labute approximate surface area is 155 Å². The summed E-state index contributed by atoms with van der Waals surface area (Å²) >= 11 is 0. The van der Waals surface area contributed by atoms with Gasteiger partial charge in [0.25, 0.3) is 0 Å². The second-order valence-corrected chi connectivity index (χ2v) is 6.14. The summed E-state index contributed by atoms with van der Waals surface area (Å²) in [6.45, 7) is 2.25. The van der Waals surface area contributed by atoms with Gasteiger partial charge in [-0.3, -0.25) is 9.59 Å². The van der Waals surface area contributed by atoms with E-state index in [1.807, 2.05) is 54.6 Å². The van der Waals surface area contributed by atoms with Gasteiger partial charge in [0.15, 0.2) is 0 Å². The molecule has 0 saturated heterocycles. The molecule has 2 aromatic rings. The lowest BCUT2D eigenvalue weighted by molar-refractivity contribution is -0.139. The highest BCUT2D eigenvalue weighted by Gasteiger charge is 2.25. The van der Waals surface area contributed by atoms with Gasteiger partial charge in [-0.15, -0.1) is 0 Å². The molecule has 5 heteroatoms. The minimum atomic E-state index is -0.519. The number of carbonyl (C=O) groups excluding carboxylic acids is 2. The molecule has 1 N–H and O–H groups in total. The number of rotatable bonds is 8. The van der Waals surface area contributed by atoms with E-state index in [1.54, 1.807) is 26.0 Å². The van der Waals surface area contributed by atoms with Gasteiger partial charge in [0.05, 0.1) is 13.5 Å². The maximum atomic E-state index is 12.9. The van der Waals surface area contributed by atoms with E-state index in [4.69, 9.17) is 4.74 Å². The molecule has 2 rings (SSSR count). The molecule has 138 valence electrons. The van der Waals surface area contributed by atoms with Gasteiger partial charge < -0.3 is 15.0 Å². The quantitative estimate of drug-likeness (QED) is 0.792. The summed E-state index contributed by atoms with van der Waals surface area (Å²) < 4.78 is 5.15. The second-order valence-electron chi connectivity index (χ2n) is 6.14. The van der Waals surface area contributed by atoms with E-state index in [9.17, 15) is 9.59 Å². The number of methoxy groups -OCH3 is 1. The Hall–Kier alpha value is -2.82. The highest BCUT2D eigenvalue weighted by molar-refractivity contribution is 5.88. The number of amides is 2. The fraction of sp³-hybridized carbons (Fsp3) is 0.333. The first-order valence-electron chi connectivity index (χ1n) is 8.73. The maximum Gasteiger partial charge on any atom is 0.242 e. The van der Waals surface area contributed by atoms with Crippen LogP contribution in [-0.2, 0) is 22.4 Å². The van der Waals surface area contributed by atoms with E-state index in [1.165, 1.54) is 0 Å². The molecule has 0 aromatic heterocycles.